The van der Waals surface area contributed by atoms with Crippen LogP contribution in [0.2, 0.25) is 0 Å². The number of thiophene rings is 1. The molecule has 1 heterocycles. The fourth-order valence-electron chi connectivity index (χ4n) is 0.888. The molecule has 7 heteroatoms. The van der Waals surface area contributed by atoms with Crippen LogP contribution in [-0.2, 0) is 15.0 Å². The summed E-state index contributed by atoms with van der Waals surface area (Å²) >= 11 is 0.983. The van der Waals surface area contributed by atoms with Crippen molar-refractivity contribution in [2.45, 2.75) is 17.6 Å². The van der Waals surface area contributed by atoms with Gasteiger partial charge in [0.05, 0.1) is 6.61 Å². The van der Waals surface area contributed by atoms with Crippen LogP contribution in [0.3, 0.4) is 0 Å². The number of hydrogen-bond acceptors (Lipinski definition) is 5. The monoisotopic (exact) mass is 263 g/mol. The molecule has 2 N–H and O–H groups in total. The van der Waals surface area contributed by atoms with Gasteiger partial charge in [0.1, 0.15) is 4.21 Å². The second-order valence-corrected chi connectivity index (χ2v) is 5.70. The average Bonchev–Trinajstić information content (AvgIpc) is 2.65. The summed E-state index contributed by atoms with van der Waals surface area (Å²) in [6.07, 6.45) is 4.14. The molecule has 1 aromatic heterocycles. The molecule has 0 unspecified atom stereocenters. The van der Waals surface area contributed by atoms with Gasteiger partial charge in [-0.05, 0) is 24.6 Å². The van der Waals surface area contributed by atoms with E-state index in [9.17, 15) is 8.42 Å². The van der Waals surface area contributed by atoms with E-state index in [1.807, 2.05) is 6.92 Å². The molecule has 0 atom stereocenters. The Morgan fingerprint density at radius 3 is 2.88 bits per heavy atom. The van der Waals surface area contributed by atoms with E-state index >= 15 is 0 Å². The fourth-order valence-corrected chi connectivity index (χ4v) is 2.48. The van der Waals surface area contributed by atoms with Crippen molar-refractivity contribution in [1.82, 2.24) is 5.48 Å². The van der Waals surface area contributed by atoms with Gasteiger partial charge in [0.2, 0.25) is 0 Å². The summed E-state index contributed by atoms with van der Waals surface area (Å²) < 4.78 is 30.2. The minimum absolute atomic E-state index is 0.0679. The third-order valence-corrected chi connectivity index (χ3v) is 3.93. The molecule has 0 aliphatic rings. The van der Waals surface area contributed by atoms with Gasteiger partial charge in [-0.3, -0.25) is 14.9 Å². The zero-order valence-electron chi connectivity index (χ0n) is 8.71. The van der Waals surface area contributed by atoms with E-state index in [-0.39, 0.29) is 4.21 Å². The highest BCUT2D eigenvalue weighted by Gasteiger charge is 2.11. The quantitative estimate of drug-likeness (QED) is 0.466. The molecular formula is C9H13NO4S2. The molecule has 1 rings (SSSR count). The smallest absolute Gasteiger partial charge is 0.281 e. The summed E-state index contributed by atoms with van der Waals surface area (Å²) in [5, 5.41) is 0. The van der Waals surface area contributed by atoms with Crippen molar-refractivity contribution in [3.63, 3.8) is 0 Å². The fraction of sp³-hybridized carbons (Fsp3) is 0.333. The highest BCUT2D eigenvalue weighted by atomic mass is 32.3. The molecule has 1 aromatic rings. The van der Waals surface area contributed by atoms with Crippen LogP contribution in [-0.4, -0.2) is 19.6 Å². The highest BCUT2D eigenvalue weighted by molar-refractivity contribution is 7.88. The number of hydroxylamine groups is 1. The van der Waals surface area contributed by atoms with Crippen molar-refractivity contribution in [3.05, 3.63) is 23.2 Å². The van der Waals surface area contributed by atoms with Crippen LogP contribution in [0.25, 0.3) is 6.08 Å². The Kier molecular flexibility index (Phi) is 4.94. The van der Waals surface area contributed by atoms with Gasteiger partial charge in [-0.15, -0.1) is 11.3 Å². The number of rotatable bonds is 6. The predicted octanol–water partition coefficient (Wildman–Crippen LogP) is 1.90. The maximum absolute atomic E-state index is 10.8. The molecule has 0 spiro atoms. The average molecular weight is 263 g/mol. The van der Waals surface area contributed by atoms with Crippen molar-refractivity contribution in [2.75, 3.05) is 6.61 Å². The first-order valence-corrected chi connectivity index (χ1v) is 6.91. The lowest BCUT2D eigenvalue weighted by Crippen LogP contribution is -2.06. The van der Waals surface area contributed by atoms with Crippen LogP contribution >= 0.6 is 11.3 Å². The zero-order valence-corrected chi connectivity index (χ0v) is 10.3. The van der Waals surface area contributed by atoms with Crippen molar-refractivity contribution in [1.29, 1.82) is 0 Å². The number of nitrogens with one attached hydrogen (secondary N) is 1. The minimum Gasteiger partial charge on any atom is -0.281 e. The van der Waals surface area contributed by atoms with E-state index in [2.05, 4.69) is 5.48 Å². The summed E-state index contributed by atoms with van der Waals surface area (Å²) in [4.78, 5) is 5.69. The normalized spacial score (nSPS) is 12.1. The Labute approximate surface area is 98.5 Å². The molecule has 0 aromatic carbocycles. The van der Waals surface area contributed by atoms with E-state index in [0.717, 1.165) is 17.8 Å². The van der Waals surface area contributed by atoms with Gasteiger partial charge >= 0.3 is 10.1 Å². The molecule has 90 valence electrons. The largest absolute Gasteiger partial charge is 0.304 e. The second-order valence-electron chi connectivity index (χ2n) is 2.93. The highest BCUT2D eigenvalue weighted by Crippen LogP contribution is 2.21. The van der Waals surface area contributed by atoms with Gasteiger partial charge in [0, 0.05) is 11.1 Å². The van der Waals surface area contributed by atoms with Crippen LogP contribution < -0.4 is 5.48 Å². The third kappa shape index (κ3) is 4.31. The van der Waals surface area contributed by atoms with Crippen LogP contribution in [0.4, 0.5) is 0 Å². The minimum atomic E-state index is -4.09. The Morgan fingerprint density at radius 2 is 2.31 bits per heavy atom. The van der Waals surface area contributed by atoms with E-state index in [0.29, 0.717) is 11.5 Å². The Bertz CT molecular complexity index is 450. The molecule has 0 aliphatic heterocycles. The predicted molar refractivity (Wildman–Crippen MR) is 62.5 cm³/mol. The van der Waals surface area contributed by atoms with Gasteiger partial charge in [0.15, 0.2) is 0 Å². The molecule has 0 aliphatic carbocycles. The second kappa shape index (κ2) is 6.00. The topological polar surface area (TPSA) is 75.6 Å². The first-order chi connectivity index (χ1) is 7.54. The van der Waals surface area contributed by atoms with Gasteiger partial charge < -0.3 is 0 Å². The van der Waals surface area contributed by atoms with Crippen LogP contribution in [0.15, 0.2) is 22.5 Å². The van der Waals surface area contributed by atoms with Gasteiger partial charge in [0.25, 0.3) is 0 Å². The van der Waals surface area contributed by atoms with Crippen molar-refractivity contribution < 1.29 is 17.8 Å². The molecule has 16 heavy (non-hydrogen) atoms. The number of hydrogen-bond donors (Lipinski definition) is 2. The molecule has 0 fully saturated rings. The summed E-state index contributed by atoms with van der Waals surface area (Å²) in [6.45, 7) is 2.59. The first kappa shape index (κ1) is 13.2. The van der Waals surface area contributed by atoms with E-state index < -0.39 is 10.1 Å². The maximum Gasteiger partial charge on any atom is 0.304 e. The van der Waals surface area contributed by atoms with Gasteiger partial charge in [-0.1, -0.05) is 6.92 Å². The SMILES string of the molecule is CCCONC=Cc1ccc(S(=O)(=O)O)s1. The summed E-state index contributed by atoms with van der Waals surface area (Å²) in [7, 11) is -4.09. The molecule has 0 saturated carbocycles. The van der Waals surface area contributed by atoms with Crippen LogP contribution in [0.5, 0.6) is 0 Å². The van der Waals surface area contributed by atoms with Gasteiger partial charge in [-0.2, -0.15) is 8.42 Å². The van der Waals surface area contributed by atoms with Crippen molar-refractivity contribution in [2.24, 2.45) is 0 Å². The summed E-state index contributed by atoms with van der Waals surface area (Å²) in [5.74, 6) is 0. The Balaban J connectivity index is 2.53. The van der Waals surface area contributed by atoms with E-state index in [4.69, 9.17) is 9.39 Å². The van der Waals surface area contributed by atoms with Crippen LogP contribution in [0, 0.1) is 0 Å². The lowest BCUT2D eigenvalue weighted by Gasteiger charge is -1.97. The molecular weight excluding hydrogens is 250 g/mol. The third-order valence-electron chi connectivity index (χ3n) is 1.56. The van der Waals surface area contributed by atoms with Crippen molar-refractivity contribution in [3.8, 4) is 0 Å². The lowest BCUT2D eigenvalue weighted by atomic mass is 10.4. The van der Waals surface area contributed by atoms with E-state index in [1.165, 1.54) is 6.07 Å². The standard InChI is InChI=1S/C9H13NO4S2/c1-2-7-14-10-6-5-8-3-4-9(15-8)16(11,12)13/h3-6,10H,2,7H2,1H3,(H,11,12,13). The van der Waals surface area contributed by atoms with Gasteiger partial charge in [-0.25, -0.2) is 0 Å². The molecule has 0 bridgehead atoms. The maximum atomic E-state index is 10.8. The molecule has 0 saturated heterocycles. The Morgan fingerprint density at radius 1 is 1.56 bits per heavy atom. The van der Waals surface area contributed by atoms with E-state index in [1.54, 1.807) is 18.3 Å². The summed E-state index contributed by atoms with van der Waals surface area (Å²) in [6, 6.07) is 2.96. The first-order valence-electron chi connectivity index (χ1n) is 4.65. The molecule has 0 amide bonds. The zero-order chi connectivity index (χ0) is 12.0. The molecule has 5 nitrogen and oxygen atoms in total. The summed E-state index contributed by atoms with van der Waals surface area (Å²) in [5.41, 5.74) is 2.60. The van der Waals surface area contributed by atoms with Crippen LogP contribution in [0.1, 0.15) is 18.2 Å². The van der Waals surface area contributed by atoms with Crippen molar-refractivity contribution >= 4 is 27.5 Å². The Hall–Kier alpha value is -0.890. The lowest BCUT2D eigenvalue weighted by molar-refractivity contribution is 0.0724. The molecule has 0 radical (unpaired) electrons.